The summed E-state index contributed by atoms with van der Waals surface area (Å²) in [5.41, 5.74) is -0.0897. The molecule has 1 aromatic rings. The molecule has 0 unspecified atom stereocenters. The monoisotopic (exact) mass is 252 g/mol. The lowest BCUT2D eigenvalue weighted by molar-refractivity contribution is 0.303. The van der Waals surface area contributed by atoms with Crippen molar-refractivity contribution in [1.82, 2.24) is 14.9 Å². The smallest absolute Gasteiger partial charge is 0.252 e. The molecule has 5 nitrogen and oxygen atoms in total. The molecule has 0 aliphatic heterocycles. The Labute approximate surface area is 109 Å². The van der Waals surface area contributed by atoms with Crippen molar-refractivity contribution in [3.8, 4) is 0 Å². The SMILES string of the molecule is CCc1nc(NCCCN(CC)CC)cc(=O)[nH]1. The van der Waals surface area contributed by atoms with Crippen molar-refractivity contribution in [3.63, 3.8) is 0 Å². The predicted molar refractivity (Wildman–Crippen MR) is 75.1 cm³/mol. The number of nitrogens with zero attached hydrogens (tertiary/aromatic N) is 2. The first-order chi connectivity index (χ1) is 8.69. The van der Waals surface area contributed by atoms with E-state index < -0.39 is 0 Å². The van der Waals surface area contributed by atoms with E-state index in [4.69, 9.17) is 0 Å². The number of aryl methyl sites for hydroxylation is 1. The van der Waals surface area contributed by atoms with Gasteiger partial charge in [-0.2, -0.15) is 0 Å². The first kappa shape index (κ1) is 14.7. The molecule has 0 radical (unpaired) electrons. The number of rotatable bonds is 8. The topological polar surface area (TPSA) is 61.0 Å². The van der Waals surface area contributed by atoms with E-state index in [0.29, 0.717) is 5.82 Å². The second-order valence-electron chi connectivity index (χ2n) is 4.24. The first-order valence-corrected chi connectivity index (χ1v) is 6.76. The molecule has 5 heteroatoms. The Kier molecular flexibility index (Phi) is 6.43. The summed E-state index contributed by atoms with van der Waals surface area (Å²) in [6.45, 7) is 10.4. The maximum atomic E-state index is 11.4. The molecule has 102 valence electrons. The Hall–Kier alpha value is -1.36. The van der Waals surface area contributed by atoms with Gasteiger partial charge in [0.25, 0.3) is 5.56 Å². The summed E-state index contributed by atoms with van der Waals surface area (Å²) in [5, 5.41) is 3.21. The Morgan fingerprint density at radius 1 is 1.33 bits per heavy atom. The molecule has 0 aliphatic rings. The van der Waals surface area contributed by atoms with Crippen LogP contribution in [-0.2, 0) is 6.42 Å². The van der Waals surface area contributed by atoms with Crippen LogP contribution in [0.5, 0.6) is 0 Å². The minimum atomic E-state index is -0.0897. The normalized spacial score (nSPS) is 10.9. The van der Waals surface area contributed by atoms with Gasteiger partial charge < -0.3 is 15.2 Å². The molecule has 0 bridgehead atoms. The molecule has 0 amide bonds. The highest BCUT2D eigenvalue weighted by Crippen LogP contribution is 2.00. The second kappa shape index (κ2) is 7.87. The summed E-state index contributed by atoms with van der Waals surface area (Å²) in [6.07, 6.45) is 1.79. The van der Waals surface area contributed by atoms with Crippen LogP contribution in [0.4, 0.5) is 5.82 Å². The van der Waals surface area contributed by atoms with Crippen LogP contribution >= 0.6 is 0 Å². The van der Waals surface area contributed by atoms with Gasteiger partial charge in [-0.25, -0.2) is 4.98 Å². The second-order valence-corrected chi connectivity index (χ2v) is 4.24. The van der Waals surface area contributed by atoms with E-state index >= 15 is 0 Å². The third-order valence-corrected chi connectivity index (χ3v) is 2.98. The van der Waals surface area contributed by atoms with Crippen LogP contribution in [0, 0.1) is 0 Å². The lowest BCUT2D eigenvalue weighted by Gasteiger charge is -2.17. The molecule has 1 heterocycles. The maximum absolute atomic E-state index is 11.4. The average Bonchev–Trinajstić information content (AvgIpc) is 2.38. The Bertz CT molecular complexity index is 398. The van der Waals surface area contributed by atoms with Gasteiger partial charge in [0.05, 0.1) is 0 Å². The van der Waals surface area contributed by atoms with Crippen molar-refractivity contribution in [2.24, 2.45) is 0 Å². The third kappa shape index (κ3) is 4.87. The molecule has 0 atom stereocenters. The lowest BCUT2D eigenvalue weighted by Crippen LogP contribution is -2.25. The van der Waals surface area contributed by atoms with E-state index in [1.807, 2.05) is 6.92 Å². The number of H-pyrrole nitrogens is 1. The van der Waals surface area contributed by atoms with Gasteiger partial charge >= 0.3 is 0 Å². The van der Waals surface area contributed by atoms with Gasteiger partial charge in [0.1, 0.15) is 11.6 Å². The van der Waals surface area contributed by atoms with E-state index in [-0.39, 0.29) is 5.56 Å². The highest BCUT2D eigenvalue weighted by atomic mass is 16.1. The summed E-state index contributed by atoms with van der Waals surface area (Å²) in [4.78, 5) is 20.8. The predicted octanol–water partition coefficient (Wildman–Crippen LogP) is 1.48. The van der Waals surface area contributed by atoms with Crippen LogP contribution in [0.25, 0.3) is 0 Å². The van der Waals surface area contributed by atoms with E-state index in [1.165, 1.54) is 6.07 Å². The minimum absolute atomic E-state index is 0.0897. The maximum Gasteiger partial charge on any atom is 0.252 e. The van der Waals surface area contributed by atoms with Crippen LogP contribution in [0.15, 0.2) is 10.9 Å². The molecular formula is C13H24N4O. The van der Waals surface area contributed by atoms with Crippen LogP contribution in [0.2, 0.25) is 0 Å². The fraction of sp³-hybridized carbons (Fsp3) is 0.692. The molecule has 0 aromatic carbocycles. The highest BCUT2D eigenvalue weighted by Gasteiger charge is 2.01. The van der Waals surface area contributed by atoms with Crippen LogP contribution in [0.3, 0.4) is 0 Å². The van der Waals surface area contributed by atoms with Crippen molar-refractivity contribution < 1.29 is 0 Å². The molecule has 1 aromatic heterocycles. The summed E-state index contributed by atoms with van der Waals surface area (Å²) >= 11 is 0. The zero-order valence-electron chi connectivity index (χ0n) is 11.6. The molecule has 0 aliphatic carbocycles. The van der Waals surface area contributed by atoms with Crippen molar-refractivity contribution >= 4 is 5.82 Å². The van der Waals surface area contributed by atoms with Crippen molar-refractivity contribution in [2.75, 3.05) is 31.5 Å². The number of hydrogen-bond acceptors (Lipinski definition) is 4. The Morgan fingerprint density at radius 2 is 2.06 bits per heavy atom. The molecule has 0 saturated carbocycles. The van der Waals surface area contributed by atoms with Crippen molar-refractivity contribution in [1.29, 1.82) is 0 Å². The quantitative estimate of drug-likeness (QED) is 0.688. The molecule has 0 saturated heterocycles. The standard InChI is InChI=1S/C13H24N4O/c1-4-11-15-12(10-13(18)16-11)14-8-7-9-17(5-2)6-3/h10H,4-9H2,1-3H3,(H2,14,15,16,18). The Morgan fingerprint density at radius 3 is 2.67 bits per heavy atom. The van der Waals surface area contributed by atoms with Gasteiger partial charge in [0.15, 0.2) is 0 Å². The zero-order chi connectivity index (χ0) is 13.4. The summed E-state index contributed by atoms with van der Waals surface area (Å²) in [5.74, 6) is 1.41. The molecule has 0 spiro atoms. The van der Waals surface area contributed by atoms with Gasteiger partial charge in [-0.1, -0.05) is 20.8 Å². The third-order valence-electron chi connectivity index (χ3n) is 2.98. The van der Waals surface area contributed by atoms with Crippen LogP contribution < -0.4 is 10.9 Å². The largest absolute Gasteiger partial charge is 0.370 e. The Balaban J connectivity index is 2.39. The van der Waals surface area contributed by atoms with Crippen LogP contribution in [-0.4, -0.2) is 41.0 Å². The molecule has 18 heavy (non-hydrogen) atoms. The molecule has 2 N–H and O–H groups in total. The van der Waals surface area contributed by atoms with E-state index in [2.05, 4.69) is 34.0 Å². The molecule has 1 rings (SSSR count). The van der Waals surface area contributed by atoms with E-state index in [1.54, 1.807) is 0 Å². The van der Waals surface area contributed by atoms with E-state index in [9.17, 15) is 4.79 Å². The number of hydrogen-bond donors (Lipinski definition) is 2. The van der Waals surface area contributed by atoms with Gasteiger partial charge in [-0.3, -0.25) is 4.79 Å². The number of anilines is 1. The molecular weight excluding hydrogens is 228 g/mol. The number of aromatic amines is 1. The lowest BCUT2D eigenvalue weighted by atomic mass is 10.3. The average molecular weight is 252 g/mol. The fourth-order valence-corrected chi connectivity index (χ4v) is 1.83. The summed E-state index contributed by atoms with van der Waals surface area (Å²) in [6, 6.07) is 1.51. The van der Waals surface area contributed by atoms with Gasteiger partial charge in [0, 0.05) is 19.0 Å². The molecule has 0 fully saturated rings. The van der Waals surface area contributed by atoms with Gasteiger partial charge in [-0.05, 0) is 26.1 Å². The first-order valence-electron chi connectivity index (χ1n) is 6.76. The van der Waals surface area contributed by atoms with Crippen molar-refractivity contribution in [3.05, 3.63) is 22.2 Å². The minimum Gasteiger partial charge on any atom is -0.370 e. The van der Waals surface area contributed by atoms with Gasteiger partial charge in [0.2, 0.25) is 0 Å². The zero-order valence-corrected chi connectivity index (χ0v) is 11.6. The number of nitrogens with one attached hydrogen (secondary N) is 2. The van der Waals surface area contributed by atoms with Gasteiger partial charge in [-0.15, -0.1) is 0 Å². The summed E-state index contributed by atoms with van der Waals surface area (Å²) in [7, 11) is 0. The van der Waals surface area contributed by atoms with E-state index in [0.717, 1.165) is 44.8 Å². The highest BCUT2D eigenvalue weighted by molar-refractivity contribution is 5.32. The fourth-order valence-electron chi connectivity index (χ4n) is 1.83. The van der Waals surface area contributed by atoms with Crippen molar-refractivity contribution in [2.45, 2.75) is 33.6 Å². The number of aromatic nitrogens is 2. The summed E-state index contributed by atoms with van der Waals surface area (Å²) < 4.78 is 0. The van der Waals surface area contributed by atoms with Crippen LogP contribution in [0.1, 0.15) is 33.0 Å².